The monoisotopic (exact) mass is 637 g/mol. The molecule has 0 aliphatic carbocycles. The highest BCUT2D eigenvalue weighted by atomic mass is 16.5. The van der Waals surface area contributed by atoms with E-state index in [0.717, 1.165) is 84.9 Å². The van der Waals surface area contributed by atoms with Gasteiger partial charge in [0.1, 0.15) is 12.4 Å². The smallest absolute Gasteiger partial charge is 0.253 e. The molecule has 1 fully saturated rings. The van der Waals surface area contributed by atoms with Crippen LogP contribution in [0.15, 0.2) is 72.8 Å². The first-order valence-corrected chi connectivity index (χ1v) is 17.9. The third kappa shape index (κ3) is 10.3. The maximum atomic E-state index is 13.9. The van der Waals surface area contributed by atoms with Crippen LogP contribution < -0.4 is 10.1 Å². The first-order valence-electron chi connectivity index (χ1n) is 17.9. The number of amides is 1. The minimum Gasteiger partial charge on any atom is -0.489 e. The molecule has 7 heteroatoms. The van der Waals surface area contributed by atoms with Crippen LogP contribution in [0.25, 0.3) is 11.0 Å². The number of anilines is 1. The predicted molar refractivity (Wildman–Crippen MR) is 194 cm³/mol. The Morgan fingerprint density at radius 2 is 1.55 bits per heavy atom. The van der Waals surface area contributed by atoms with Gasteiger partial charge in [0.15, 0.2) is 0 Å². The number of fused-ring (bicyclic) bond motifs is 1. The molecule has 1 saturated heterocycles. The molecule has 0 atom stereocenters. The number of aryl methyl sites for hydroxylation is 1. The molecule has 1 aliphatic heterocycles. The van der Waals surface area contributed by atoms with Gasteiger partial charge in [0.2, 0.25) is 5.95 Å². The number of piperidine rings is 1. The molecule has 0 unspecified atom stereocenters. The molecule has 1 amide bonds. The van der Waals surface area contributed by atoms with Crippen molar-refractivity contribution in [2.24, 2.45) is 11.8 Å². The third-order valence-electron chi connectivity index (χ3n) is 9.16. The highest BCUT2D eigenvalue weighted by molar-refractivity contribution is 5.97. The number of imidazole rings is 1. The molecular weight excluding hydrogens is 582 g/mol. The van der Waals surface area contributed by atoms with Crippen molar-refractivity contribution >= 4 is 22.9 Å². The van der Waals surface area contributed by atoms with Gasteiger partial charge in [0.25, 0.3) is 5.91 Å². The summed E-state index contributed by atoms with van der Waals surface area (Å²) in [4.78, 5) is 23.6. The van der Waals surface area contributed by atoms with Crippen molar-refractivity contribution in [1.82, 2.24) is 19.4 Å². The second-order valence-corrected chi connectivity index (χ2v) is 14.0. The lowest BCUT2D eigenvalue weighted by Gasteiger charge is -2.26. The standard InChI is InChI=1S/C40H55N5O2/c1-31(2)20-26-44(27-21-32(3)4)39(46)35-16-19-37-38(28-35)45(25-11-24-43-22-9-6-10-23-43)40(42-37)41-29-33-14-17-36(18-15-33)47-30-34-12-7-5-8-13-34/h5,7-8,12-19,28,31-32H,6,9-11,20-27,29-30H2,1-4H3,(H,41,42). The van der Waals surface area contributed by atoms with E-state index in [2.05, 4.69) is 77.7 Å². The van der Waals surface area contributed by atoms with Gasteiger partial charge in [-0.15, -0.1) is 0 Å². The lowest BCUT2D eigenvalue weighted by Crippen LogP contribution is -2.34. The van der Waals surface area contributed by atoms with E-state index < -0.39 is 0 Å². The van der Waals surface area contributed by atoms with E-state index in [-0.39, 0.29) is 5.91 Å². The summed E-state index contributed by atoms with van der Waals surface area (Å²) in [7, 11) is 0. The number of benzene rings is 3. The van der Waals surface area contributed by atoms with Crippen molar-refractivity contribution in [3.63, 3.8) is 0 Å². The molecule has 0 saturated carbocycles. The van der Waals surface area contributed by atoms with Gasteiger partial charge in [-0.1, -0.05) is 76.6 Å². The molecular formula is C40H55N5O2. The SMILES string of the molecule is CC(C)CCN(CCC(C)C)C(=O)c1ccc2nc(NCc3ccc(OCc4ccccc4)cc3)n(CCCN3CCCCC3)c2c1. The predicted octanol–water partition coefficient (Wildman–Crippen LogP) is 8.64. The number of hydrogen-bond donors (Lipinski definition) is 1. The van der Waals surface area contributed by atoms with Crippen LogP contribution >= 0.6 is 0 Å². The Labute approximate surface area is 282 Å². The van der Waals surface area contributed by atoms with Crippen LogP contribution in [0.3, 0.4) is 0 Å². The second-order valence-electron chi connectivity index (χ2n) is 14.0. The van der Waals surface area contributed by atoms with Gasteiger partial charge >= 0.3 is 0 Å². The van der Waals surface area contributed by atoms with Crippen LogP contribution in [0.2, 0.25) is 0 Å². The van der Waals surface area contributed by atoms with Crippen molar-refractivity contribution in [3.05, 3.63) is 89.5 Å². The Balaban J connectivity index is 1.32. The van der Waals surface area contributed by atoms with Crippen molar-refractivity contribution in [3.8, 4) is 5.75 Å². The summed E-state index contributed by atoms with van der Waals surface area (Å²) < 4.78 is 8.28. The fraction of sp³-hybridized carbons (Fsp3) is 0.500. The fourth-order valence-electron chi connectivity index (χ4n) is 6.20. The summed E-state index contributed by atoms with van der Waals surface area (Å²) in [5.74, 6) is 2.94. The van der Waals surface area contributed by atoms with Gasteiger partial charge in [-0.3, -0.25) is 4.79 Å². The summed E-state index contributed by atoms with van der Waals surface area (Å²) in [6, 6.07) is 24.6. The number of carbonyl (C=O) groups is 1. The lowest BCUT2D eigenvalue weighted by atomic mass is 10.1. The van der Waals surface area contributed by atoms with E-state index in [4.69, 9.17) is 9.72 Å². The lowest BCUT2D eigenvalue weighted by molar-refractivity contribution is 0.0741. The Bertz CT molecular complexity index is 1510. The molecule has 1 aliphatic rings. The quantitative estimate of drug-likeness (QED) is 0.126. The molecule has 0 radical (unpaired) electrons. The molecule has 0 spiro atoms. The minimum atomic E-state index is 0.123. The second kappa shape index (κ2) is 17.4. The summed E-state index contributed by atoms with van der Waals surface area (Å²) in [5, 5.41) is 3.62. The van der Waals surface area contributed by atoms with Crippen LogP contribution in [-0.2, 0) is 19.7 Å². The number of aromatic nitrogens is 2. The maximum absolute atomic E-state index is 13.9. The maximum Gasteiger partial charge on any atom is 0.253 e. The van der Waals surface area contributed by atoms with E-state index in [1.54, 1.807) is 0 Å². The average Bonchev–Trinajstić information content (AvgIpc) is 3.43. The molecule has 1 aromatic heterocycles. The zero-order valence-corrected chi connectivity index (χ0v) is 29.1. The zero-order chi connectivity index (χ0) is 33.0. The first kappa shape index (κ1) is 34.5. The molecule has 5 rings (SSSR count). The van der Waals surface area contributed by atoms with Gasteiger partial charge in [0, 0.05) is 31.7 Å². The summed E-state index contributed by atoms with van der Waals surface area (Å²) in [6.07, 6.45) is 7.00. The molecule has 1 N–H and O–H groups in total. The van der Waals surface area contributed by atoms with Crippen LogP contribution in [-0.4, -0.2) is 58.0 Å². The van der Waals surface area contributed by atoms with Crippen LogP contribution in [0.5, 0.6) is 5.75 Å². The van der Waals surface area contributed by atoms with Gasteiger partial charge in [-0.05, 0) is 105 Å². The van der Waals surface area contributed by atoms with E-state index >= 15 is 0 Å². The highest BCUT2D eigenvalue weighted by Gasteiger charge is 2.20. The normalized spacial score (nSPS) is 13.8. The summed E-state index contributed by atoms with van der Waals surface area (Å²) in [6.45, 7) is 16.0. The van der Waals surface area contributed by atoms with Crippen molar-refractivity contribution in [2.45, 2.75) is 85.9 Å². The van der Waals surface area contributed by atoms with E-state index in [1.807, 2.05) is 42.5 Å². The van der Waals surface area contributed by atoms with Crippen molar-refractivity contribution < 1.29 is 9.53 Å². The van der Waals surface area contributed by atoms with Crippen LogP contribution in [0.4, 0.5) is 5.95 Å². The van der Waals surface area contributed by atoms with Crippen LogP contribution in [0, 0.1) is 11.8 Å². The molecule has 0 bridgehead atoms. The Hall–Kier alpha value is -3.84. The molecule has 2 heterocycles. The van der Waals surface area contributed by atoms with Gasteiger partial charge in [-0.25, -0.2) is 4.98 Å². The largest absolute Gasteiger partial charge is 0.489 e. The first-order chi connectivity index (χ1) is 22.9. The number of nitrogens with one attached hydrogen (secondary N) is 1. The summed E-state index contributed by atoms with van der Waals surface area (Å²) >= 11 is 0. The topological polar surface area (TPSA) is 62.6 Å². The summed E-state index contributed by atoms with van der Waals surface area (Å²) in [5.41, 5.74) is 5.00. The van der Waals surface area contributed by atoms with Crippen molar-refractivity contribution in [2.75, 3.05) is 38.0 Å². The molecule has 7 nitrogen and oxygen atoms in total. The van der Waals surface area contributed by atoms with Crippen molar-refractivity contribution in [1.29, 1.82) is 0 Å². The Morgan fingerprint density at radius 3 is 2.23 bits per heavy atom. The molecule has 3 aromatic carbocycles. The molecule has 4 aromatic rings. The van der Waals surface area contributed by atoms with E-state index in [0.29, 0.717) is 25.0 Å². The highest BCUT2D eigenvalue weighted by Crippen LogP contribution is 2.25. The fourth-order valence-corrected chi connectivity index (χ4v) is 6.20. The average molecular weight is 638 g/mol. The van der Waals surface area contributed by atoms with Gasteiger partial charge in [-0.2, -0.15) is 0 Å². The van der Waals surface area contributed by atoms with Crippen LogP contribution in [0.1, 0.15) is 87.7 Å². The Morgan fingerprint density at radius 1 is 0.851 bits per heavy atom. The number of hydrogen-bond acceptors (Lipinski definition) is 5. The number of ether oxygens (including phenoxy) is 1. The molecule has 47 heavy (non-hydrogen) atoms. The Kier molecular flexibility index (Phi) is 12.7. The number of likely N-dealkylation sites (tertiary alicyclic amines) is 1. The van der Waals surface area contributed by atoms with Gasteiger partial charge in [0.05, 0.1) is 11.0 Å². The number of rotatable bonds is 17. The molecule has 252 valence electrons. The number of carbonyl (C=O) groups excluding carboxylic acids is 1. The van der Waals surface area contributed by atoms with E-state index in [9.17, 15) is 4.79 Å². The third-order valence-corrected chi connectivity index (χ3v) is 9.16. The van der Waals surface area contributed by atoms with Gasteiger partial charge < -0.3 is 24.4 Å². The minimum absolute atomic E-state index is 0.123. The number of nitrogens with zero attached hydrogens (tertiary/aromatic N) is 4. The zero-order valence-electron chi connectivity index (χ0n) is 29.1. The van der Waals surface area contributed by atoms with E-state index in [1.165, 1.54) is 32.4 Å².